The van der Waals surface area contributed by atoms with Crippen molar-refractivity contribution in [1.82, 2.24) is 14.5 Å². The van der Waals surface area contributed by atoms with Crippen molar-refractivity contribution < 1.29 is 13.7 Å². The molecule has 3 aromatic rings. The first kappa shape index (κ1) is 16.0. The summed E-state index contributed by atoms with van der Waals surface area (Å²) in [6.07, 6.45) is 4.13. The SMILES string of the molecule is CSc1ncc2c(=O)n(-c3c(F)ccc([N+](=O)[O-])c3F)ccc2n1. The Labute approximate surface area is 137 Å². The Hall–Kier alpha value is -2.88. The summed E-state index contributed by atoms with van der Waals surface area (Å²) in [5.41, 5.74) is -2.21. The highest BCUT2D eigenvalue weighted by molar-refractivity contribution is 7.98. The number of rotatable bonds is 3. The zero-order valence-corrected chi connectivity index (χ0v) is 12.9. The molecule has 0 unspecified atom stereocenters. The summed E-state index contributed by atoms with van der Waals surface area (Å²) in [4.78, 5) is 30.4. The number of nitrogens with zero attached hydrogens (tertiary/aromatic N) is 4. The Balaban J connectivity index is 2.32. The largest absolute Gasteiger partial charge is 0.307 e. The summed E-state index contributed by atoms with van der Waals surface area (Å²) >= 11 is 1.27. The molecule has 0 radical (unpaired) electrons. The first-order valence-electron chi connectivity index (χ1n) is 6.49. The first-order chi connectivity index (χ1) is 11.4. The molecule has 122 valence electrons. The predicted molar refractivity (Wildman–Crippen MR) is 83.5 cm³/mol. The Morgan fingerprint density at radius 2 is 2.04 bits per heavy atom. The van der Waals surface area contributed by atoms with Gasteiger partial charge in [-0.3, -0.25) is 19.5 Å². The van der Waals surface area contributed by atoms with Crippen molar-refractivity contribution >= 4 is 28.4 Å². The van der Waals surface area contributed by atoms with Crippen molar-refractivity contribution in [2.75, 3.05) is 6.26 Å². The van der Waals surface area contributed by atoms with Crippen molar-refractivity contribution in [3.63, 3.8) is 0 Å². The molecule has 0 atom stereocenters. The number of benzene rings is 1. The van der Waals surface area contributed by atoms with Crippen LogP contribution in [0.5, 0.6) is 0 Å². The van der Waals surface area contributed by atoms with E-state index in [2.05, 4.69) is 9.97 Å². The minimum atomic E-state index is -1.43. The van der Waals surface area contributed by atoms with Crippen molar-refractivity contribution in [2.24, 2.45) is 0 Å². The molecule has 0 amide bonds. The summed E-state index contributed by atoms with van der Waals surface area (Å²) in [5, 5.41) is 11.3. The second kappa shape index (κ2) is 5.96. The van der Waals surface area contributed by atoms with Gasteiger partial charge in [0.15, 0.2) is 11.0 Å². The topological polar surface area (TPSA) is 90.9 Å². The molecule has 3 rings (SSSR count). The van der Waals surface area contributed by atoms with E-state index in [4.69, 9.17) is 0 Å². The molecule has 0 bridgehead atoms. The van der Waals surface area contributed by atoms with E-state index in [0.29, 0.717) is 21.3 Å². The van der Waals surface area contributed by atoms with Crippen LogP contribution >= 0.6 is 11.8 Å². The zero-order valence-electron chi connectivity index (χ0n) is 12.1. The third-order valence-electron chi connectivity index (χ3n) is 3.29. The van der Waals surface area contributed by atoms with E-state index in [0.717, 1.165) is 12.3 Å². The molecule has 0 saturated carbocycles. The number of halogens is 2. The highest BCUT2D eigenvalue weighted by Gasteiger charge is 2.23. The Bertz CT molecular complexity index is 1040. The number of pyridine rings is 1. The monoisotopic (exact) mass is 350 g/mol. The third-order valence-corrected chi connectivity index (χ3v) is 3.86. The summed E-state index contributed by atoms with van der Waals surface area (Å²) < 4.78 is 29.0. The zero-order chi connectivity index (χ0) is 17.4. The van der Waals surface area contributed by atoms with E-state index >= 15 is 0 Å². The van der Waals surface area contributed by atoms with Crippen LogP contribution in [-0.4, -0.2) is 25.7 Å². The Morgan fingerprint density at radius 1 is 1.29 bits per heavy atom. The van der Waals surface area contributed by atoms with E-state index < -0.39 is 33.5 Å². The number of nitro groups is 1. The van der Waals surface area contributed by atoms with Gasteiger partial charge < -0.3 is 0 Å². The van der Waals surface area contributed by atoms with Crippen LogP contribution in [0.2, 0.25) is 0 Å². The minimum absolute atomic E-state index is 0.0422. The molecule has 1 aromatic carbocycles. The molecular weight excluding hydrogens is 342 g/mol. The van der Waals surface area contributed by atoms with Crippen LogP contribution < -0.4 is 5.56 Å². The van der Waals surface area contributed by atoms with Gasteiger partial charge in [-0.25, -0.2) is 14.4 Å². The molecule has 24 heavy (non-hydrogen) atoms. The van der Waals surface area contributed by atoms with Gasteiger partial charge in [-0.1, -0.05) is 11.8 Å². The number of hydrogen-bond donors (Lipinski definition) is 0. The molecule has 0 spiro atoms. The second-order valence-corrected chi connectivity index (χ2v) is 5.41. The highest BCUT2D eigenvalue weighted by Crippen LogP contribution is 2.25. The maximum Gasteiger partial charge on any atom is 0.307 e. The number of nitro benzene ring substituents is 1. The van der Waals surface area contributed by atoms with E-state index in [1.54, 1.807) is 6.26 Å². The van der Waals surface area contributed by atoms with Crippen molar-refractivity contribution in [3.05, 3.63) is 62.7 Å². The molecule has 0 fully saturated rings. The molecule has 2 heterocycles. The first-order valence-corrected chi connectivity index (χ1v) is 7.71. The maximum atomic E-state index is 14.3. The Morgan fingerprint density at radius 3 is 2.71 bits per heavy atom. The van der Waals surface area contributed by atoms with E-state index in [-0.39, 0.29) is 5.39 Å². The molecule has 10 heteroatoms. The van der Waals surface area contributed by atoms with Crippen LogP contribution in [0.25, 0.3) is 16.6 Å². The lowest BCUT2D eigenvalue weighted by atomic mass is 10.2. The van der Waals surface area contributed by atoms with Gasteiger partial charge in [0.1, 0.15) is 5.69 Å². The van der Waals surface area contributed by atoms with Gasteiger partial charge in [-0.15, -0.1) is 0 Å². The van der Waals surface area contributed by atoms with Crippen molar-refractivity contribution in [2.45, 2.75) is 5.16 Å². The molecule has 7 nitrogen and oxygen atoms in total. The number of hydrogen-bond acceptors (Lipinski definition) is 6. The summed E-state index contributed by atoms with van der Waals surface area (Å²) in [6, 6.07) is 2.82. The molecular formula is C14H8F2N4O3S. The van der Waals surface area contributed by atoms with Gasteiger partial charge in [0.2, 0.25) is 5.82 Å². The van der Waals surface area contributed by atoms with Crippen LogP contribution in [0.3, 0.4) is 0 Å². The average molecular weight is 350 g/mol. The van der Waals surface area contributed by atoms with Crippen LogP contribution in [0.15, 0.2) is 40.5 Å². The fourth-order valence-electron chi connectivity index (χ4n) is 2.18. The normalized spacial score (nSPS) is 11.0. The number of thioether (sulfide) groups is 1. The van der Waals surface area contributed by atoms with Gasteiger partial charge in [0, 0.05) is 18.5 Å². The highest BCUT2D eigenvalue weighted by atomic mass is 32.2. The van der Waals surface area contributed by atoms with Crippen LogP contribution in [0.4, 0.5) is 14.5 Å². The van der Waals surface area contributed by atoms with Crippen LogP contribution in [0.1, 0.15) is 0 Å². The van der Waals surface area contributed by atoms with Gasteiger partial charge >= 0.3 is 5.69 Å². The van der Waals surface area contributed by atoms with E-state index in [9.17, 15) is 23.7 Å². The lowest BCUT2D eigenvalue weighted by Gasteiger charge is -2.09. The number of aromatic nitrogens is 3. The van der Waals surface area contributed by atoms with Gasteiger partial charge in [-0.05, 0) is 18.4 Å². The molecule has 0 aliphatic heterocycles. The number of fused-ring (bicyclic) bond motifs is 1. The maximum absolute atomic E-state index is 14.3. The van der Waals surface area contributed by atoms with Gasteiger partial charge in [-0.2, -0.15) is 4.39 Å². The second-order valence-electron chi connectivity index (χ2n) is 4.63. The summed E-state index contributed by atoms with van der Waals surface area (Å²) in [6.45, 7) is 0. The average Bonchev–Trinajstić information content (AvgIpc) is 2.56. The van der Waals surface area contributed by atoms with E-state index in [1.807, 2.05) is 0 Å². The predicted octanol–water partition coefficient (Wildman–Crippen LogP) is 2.69. The van der Waals surface area contributed by atoms with Gasteiger partial charge in [0.05, 0.1) is 15.8 Å². The Kier molecular flexibility index (Phi) is 3.97. The lowest BCUT2D eigenvalue weighted by molar-refractivity contribution is -0.387. The quantitative estimate of drug-likeness (QED) is 0.312. The van der Waals surface area contributed by atoms with E-state index in [1.165, 1.54) is 24.0 Å². The standard InChI is InChI=1S/C14H8F2N4O3S/c1-24-14-17-6-7-9(18-14)4-5-19(13(7)21)12-8(15)2-3-10(11(12)16)20(22)23/h2-6H,1H3. The molecule has 2 aromatic heterocycles. The molecule has 0 saturated heterocycles. The van der Waals surface area contributed by atoms with Crippen molar-refractivity contribution in [3.8, 4) is 5.69 Å². The van der Waals surface area contributed by atoms with Gasteiger partial charge in [0.25, 0.3) is 5.56 Å². The summed E-state index contributed by atoms with van der Waals surface area (Å²) in [7, 11) is 0. The lowest BCUT2D eigenvalue weighted by Crippen LogP contribution is -2.21. The van der Waals surface area contributed by atoms with Crippen molar-refractivity contribution in [1.29, 1.82) is 0 Å². The smallest absolute Gasteiger partial charge is 0.278 e. The summed E-state index contributed by atoms with van der Waals surface area (Å²) in [5.74, 6) is -2.52. The molecule has 0 N–H and O–H groups in total. The minimum Gasteiger partial charge on any atom is -0.278 e. The van der Waals surface area contributed by atoms with Crippen LogP contribution in [0, 0.1) is 21.7 Å². The molecule has 0 aliphatic carbocycles. The molecule has 0 aliphatic rings. The fourth-order valence-corrected chi connectivity index (χ4v) is 2.53. The third kappa shape index (κ3) is 2.50. The fraction of sp³-hybridized carbons (Fsp3) is 0.0714. The van der Waals surface area contributed by atoms with Crippen LogP contribution in [-0.2, 0) is 0 Å².